The maximum Gasteiger partial charge on any atom is 0.312 e. The van der Waals surface area contributed by atoms with Crippen molar-refractivity contribution in [2.75, 3.05) is 12.3 Å². The minimum Gasteiger partial charge on any atom is -0.461 e. The third-order valence-corrected chi connectivity index (χ3v) is 7.36. The van der Waals surface area contributed by atoms with Crippen molar-refractivity contribution in [3.63, 3.8) is 0 Å². The van der Waals surface area contributed by atoms with Crippen LogP contribution in [0.5, 0.6) is 0 Å². The van der Waals surface area contributed by atoms with Crippen LogP contribution >= 0.6 is 0 Å². The first kappa shape index (κ1) is 29.8. The van der Waals surface area contributed by atoms with Crippen molar-refractivity contribution in [2.45, 2.75) is 115 Å². The molecule has 1 fully saturated rings. The molecule has 2 aromatic heterocycles. The summed E-state index contributed by atoms with van der Waals surface area (Å²) < 4.78 is 27.0. The topological polar surface area (TPSA) is 125 Å². The molecule has 1 aliphatic rings. The number of nitrogens with zero attached hydrogens (tertiary/aromatic N) is 4. The average Bonchev–Trinajstić information content (AvgIpc) is 3.47. The van der Waals surface area contributed by atoms with Gasteiger partial charge in [0.25, 0.3) is 0 Å². The molecule has 1 unspecified atom stereocenters. The fraction of sp³-hybridized carbons (Fsp3) is 0.714. The molecule has 0 radical (unpaired) electrons. The number of nitrogen functional groups attached to an aromatic ring is 1. The van der Waals surface area contributed by atoms with Crippen LogP contribution < -0.4 is 5.73 Å². The first-order valence-corrected chi connectivity index (χ1v) is 14.0. The predicted octanol–water partition coefficient (Wildman–Crippen LogP) is 5.08. The zero-order valence-electron chi connectivity index (χ0n) is 22.7. The normalized spacial score (nSPS) is 22.0. The van der Waals surface area contributed by atoms with Crippen molar-refractivity contribution < 1.29 is 23.8 Å². The number of fused-ring (bicyclic) bond motifs is 1. The van der Waals surface area contributed by atoms with Crippen molar-refractivity contribution in [2.24, 2.45) is 5.92 Å². The summed E-state index contributed by atoms with van der Waals surface area (Å²) in [7, 11) is 0. The Hall–Kier alpha value is -2.77. The van der Waals surface area contributed by atoms with Crippen molar-refractivity contribution >= 4 is 23.0 Å². The zero-order chi connectivity index (χ0) is 27.5. The molecule has 210 valence electrons. The number of unbranched alkanes of at least 4 members (excludes halogenated alkanes) is 8. The molecule has 0 saturated carbocycles. The molecular weight excluding hydrogens is 489 g/mol. The standard InChI is InChI=1S/C28H42FN5O4/c1-4-7-9-11-12-14-16-20(15-13-10-8-5-2)26(36)37-18-28(6-3)21(35)17-22(38-28)34-19-31-23-24(30)32-27(29)33-25(23)34/h3,19-22,35H,4-5,7-18H2,1-2H3,(H2,30,32,33)/t20?,21-,22+,28+/m0/s1. The Kier molecular flexibility index (Phi) is 11.3. The Labute approximate surface area is 224 Å². The van der Waals surface area contributed by atoms with E-state index >= 15 is 0 Å². The third kappa shape index (κ3) is 7.41. The molecule has 3 heterocycles. The largest absolute Gasteiger partial charge is 0.461 e. The number of aromatic nitrogens is 4. The molecule has 0 bridgehead atoms. The number of nitrogens with two attached hydrogens (primary N) is 1. The number of halogens is 1. The van der Waals surface area contributed by atoms with Gasteiger partial charge < -0.3 is 20.3 Å². The van der Waals surface area contributed by atoms with Gasteiger partial charge in [0.1, 0.15) is 18.9 Å². The quantitative estimate of drug-likeness (QED) is 0.133. The van der Waals surface area contributed by atoms with Crippen molar-refractivity contribution in [3.05, 3.63) is 12.4 Å². The second kappa shape index (κ2) is 14.4. The minimum atomic E-state index is -1.54. The Morgan fingerprint density at radius 3 is 2.50 bits per heavy atom. The molecule has 0 amide bonds. The van der Waals surface area contributed by atoms with E-state index in [-0.39, 0.29) is 41.9 Å². The molecule has 10 heteroatoms. The SMILES string of the molecule is C#C[C@]1(COC(=O)C(CCCCCC)CCCCCCCC)O[C@@H](n2cnc3c(N)nc(F)nc32)C[C@@H]1O. The fourth-order valence-corrected chi connectivity index (χ4v) is 5.01. The van der Waals surface area contributed by atoms with Gasteiger partial charge in [0.2, 0.25) is 0 Å². The Bertz CT molecular complexity index is 1090. The molecule has 38 heavy (non-hydrogen) atoms. The Balaban J connectivity index is 1.63. The molecule has 3 N–H and O–H groups in total. The molecule has 0 aromatic carbocycles. The van der Waals surface area contributed by atoms with Crippen molar-refractivity contribution in [1.82, 2.24) is 19.5 Å². The number of anilines is 1. The number of ether oxygens (including phenoxy) is 2. The van der Waals surface area contributed by atoms with Gasteiger partial charge in [-0.3, -0.25) is 9.36 Å². The lowest BCUT2D eigenvalue weighted by atomic mass is 9.94. The Morgan fingerprint density at radius 1 is 1.21 bits per heavy atom. The first-order valence-electron chi connectivity index (χ1n) is 14.0. The van der Waals surface area contributed by atoms with Gasteiger partial charge in [-0.05, 0) is 12.8 Å². The van der Waals surface area contributed by atoms with Crippen molar-refractivity contribution in [3.8, 4) is 12.3 Å². The second-order valence-electron chi connectivity index (χ2n) is 10.3. The van der Waals surface area contributed by atoms with Crippen LogP contribution in [0.4, 0.5) is 10.2 Å². The van der Waals surface area contributed by atoms with E-state index in [1.54, 1.807) is 0 Å². The van der Waals surface area contributed by atoms with E-state index in [1.807, 2.05) is 0 Å². The fourth-order valence-electron chi connectivity index (χ4n) is 5.01. The van der Waals surface area contributed by atoms with Gasteiger partial charge in [-0.2, -0.15) is 14.4 Å². The van der Waals surface area contributed by atoms with Crippen LogP contribution in [-0.4, -0.2) is 48.9 Å². The third-order valence-electron chi connectivity index (χ3n) is 7.36. The van der Waals surface area contributed by atoms with Gasteiger partial charge in [-0.25, -0.2) is 4.98 Å². The van der Waals surface area contributed by atoms with Gasteiger partial charge in [-0.1, -0.05) is 84.0 Å². The smallest absolute Gasteiger partial charge is 0.312 e. The van der Waals surface area contributed by atoms with Gasteiger partial charge in [0.05, 0.1) is 12.2 Å². The number of hydrogen-bond donors (Lipinski definition) is 2. The molecule has 0 spiro atoms. The van der Waals surface area contributed by atoms with Crippen LogP contribution in [-0.2, 0) is 14.3 Å². The highest BCUT2D eigenvalue weighted by Crippen LogP contribution is 2.38. The number of imidazole rings is 1. The molecule has 9 nitrogen and oxygen atoms in total. The van der Waals surface area contributed by atoms with E-state index in [1.165, 1.54) is 36.6 Å². The molecule has 2 aromatic rings. The summed E-state index contributed by atoms with van der Waals surface area (Å²) >= 11 is 0. The highest BCUT2D eigenvalue weighted by atomic mass is 19.1. The van der Waals surface area contributed by atoms with Crippen LogP contribution in [0, 0.1) is 24.3 Å². The number of hydrogen-bond acceptors (Lipinski definition) is 8. The Morgan fingerprint density at radius 2 is 1.84 bits per heavy atom. The van der Waals surface area contributed by atoms with Crippen molar-refractivity contribution in [1.29, 1.82) is 0 Å². The lowest BCUT2D eigenvalue weighted by Crippen LogP contribution is -2.43. The lowest BCUT2D eigenvalue weighted by molar-refractivity contribution is -0.161. The van der Waals surface area contributed by atoms with Gasteiger partial charge in [0, 0.05) is 6.42 Å². The number of esters is 1. The molecular formula is C28H42FN5O4. The van der Waals surface area contributed by atoms with Gasteiger partial charge in [-0.15, -0.1) is 6.42 Å². The summed E-state index contributed by atoms with van der Waals surface area (Å²) in [5.74, 6) is 1.89. The highest BCUT2D eigenvalue weighted by Gasteiger charge is 2.49. The number of terminal acetylenes is 1. The maximum absolute atomic E-state index is 13.8. The van der Waals surface area contributed by atoms with Crippen LogP contribution in [0.15, 0.2) is 6.33 Å². The minimum absolute atomic E-state index is 0.0803. The molecule has 3 rings (SSSR count). The van der Waals surface area contributed by atoms with Gasteiger partial charge in [0.15, 0.2) is 22.6 Å². The van der Waals surface area contributed by atoms with E-state index in [4.69, 9.17) is 21.6 Å². The summed E-state index contributed by atoms with van der Waals surface area (Å²) in [5.41, 5.74) is 4.56. The van der Waals surface area contributed by atoms with Crippen LogP contribution in [0.2, 0.25) is 0 Å². The van der Waals surface area contributed by atoms with Gasteiger partial charge >= 0.3 is 12.0 Å². The summed E-state index contributed by atoms with van der Waals surface area (Å²) in [6.45, 7) is 4.08. The van der Waals surface area contributed by atoms with E-state index in [0.29, 0.717) is 0 Å². The number of carbonyl (C=O) groups excluding carboxylic acids is 1. The molecule has 1 aliphatic heterocycles. The summed E-state index contributed by atoms with van der Waals surface area (Å²) in [6.07, 6.45) is 17.2. The highest BCUT2D eigenvalue weighted by molar-refractivity contribution is 5.81. The lowest BCUT2D eigenvalue weighted by Gasteiger charge is -2.27. The predicted molar refractivity (Wildman–Crippen MR) is 143 cm³/mol. The second-order valence-corrected chi connectivity index (χ2v) is 10.3. The van der Waals surface area contributed by atoms with Crippen LogP contribution in [0.1, 0.15) is 104 Å². The average molecular weight is 532 g/mol. The van der Waals surface area contributed by atoms with E-state index in [0.717, 1.165) is 51.4 Å². The number of aliphatic hydroxyl groups is 1. The van der Waals surface area contributed by atoms with Crippen LogP contribution in [0.3, 0.4) is 0 Å². The number of carbonyl (C=O) groups is 1. The zero-order valence-corrected chi connectivity index (χ0v) is 22.7. The molecule has 1 saturated heterocycles. The van der Waals surface area contributed by atoms with E-state index < -0.39 is 24.0 Å². The number of rotatable bonds is 16. The van der Waals surface area contributed by atoms with E-state index in [9.17, 15) is 14.3 Å². The van der Waals surface area contributed by atoms with E-state index in [2.05, 4.69) is 34.7 Å². The maximum atomic E-state index is 13.8. The number of aliphatic hydroxyl groups excluding tert-OH is 1. The molecule has 4 atom stereocenters. The summed E-state index contributed by atoms with van der Waals surface area (Å²) in [4.78, 5) is 24.5. The summed E-state index contributed by atoms with van der Waals surface area (Å²) in [5, 5.41) is 10.9. The van der Waals surface area contributed by atoms with Crippen LogP contribution in [0.25, 0.3) is 11.2 Å². The monoisotopic (exact) mass is 531 g/mol. The first-order chi connectivity index (χ1) is 18.3. The summed E-state index contributed by atoms with van der Waals surface area (Å²) in [6, 6.07) is 0. The molecule has 0 aliphatic carbocycles.